The number of aliphatic carboxylic acids is 1. The van der Waals surface area contributed by atoms with Crippen molar-refractivity contribution in [3.63, 3.8) is 0 Å². The van der Waals surface area contributed by atoms with Crippen molar-refractivity contribution in [3.05, 3.63) is 0 Å². The highest BCUT2D eigenvalue weighted by Crippen LogP contribution is 2.13. The predicted molar refractivity (Wildman–Crippen MR) is 55.7 cm³/mol. The summed E-state index contributed by atoms with van der Waals surface area (Å²) in [7, 11) is 0. The first-order valence-corrected chi connectivity index (χ1v) is 6.11. The lowest BCUT2D eigenvalue weighted by atomic mass is 9.99. The van der Waals surface area contributed by atoms with Crippen molar-refractivity contribution in [3.8, 4) is 0 Å². The molecule has 0 bridgehead atoms. The summed E-state index contributed by atoms with van der Waals surface area (Å²) in [6.07, 6.45) is 5.99. The first kappa shape index (κ1) is 12.9. The Labute approximate surface area is 88.8 Å². The Bertz CT molecular complexity index is 137. The van der Waals surface area contributed by atoms with E-state index < -0.39 is 5.97 Å². The summed E-state index contributed by atoms with van der Waals surface area (Å²) in [5.74, 6) is -1.12. The second kappa shape index (κ2) is 8.54. The molecule has 0 amide bonds. The molecule has 0 rings (SSSR count). The molecule has 3 heteroatoms. The van der Waals surface area contributed by atoms with Gasteiger partial charge in [-0.05, 0) is 25.2 Å². The van der Waals surface area contributed by atoms with E-state index >= 15 is 0 Å². The number of alkyl halides is 1. The van der Waals surface area contributed by atoms with Crippen LogP contribution in [0.25, 0.3) is 0 Å². The molecule has 0 aromatic carbocycles. The maximum absolute atomic E-state index is 10.5. The summed E-state index contributed by atoms with van der Waals surface area (Å²) < 4.78 is 0. The third kappa shape index (κ3) is 7.05. The van der Waals surface area contributed by atoms with Gasteiger partial charge < -0.3 is 9.90 Å². The van der Waals surface area contributed by atoms with Gasteiger partial charge in [0.1, 0.15) is 0 Å². The number of carbonyl (C=O) groups excluding carboxylic acids is 1. The standard InChI is InChI=1S/C10H19BrO2/c1-2-9(10(12)13)7-5-3-4-6-8-11/h9H,2-8H2,1H3,(H,12,13)/p-1. The average Bonchev–Trinajstić information content (AvgIpc) is 2.10. The molecule has 0 radical (unpaired) electrons. The molecule has 0 spiro atoms. The van der Waals surface area contributed by atoms with Crippen molar-refractivity contribution >= 4 is 21.9 Å². The SMILES string of the molecule is CCC(CCCCCCBr)C(=O)[O-]. The van der Waals surface area contributed by atoms with E-state index in [1.807, 2.05) is 6.92 Å². The van der Waals surface area contributed by atoms with Gasteiger partial charge in [0.05, 0.1) is 0 Å². The zero-order valence-corrected chi connectivity index (χ0v) is 9.81. The van der Waals surface area contributed by atoms with Crippen LogP contribution >= 0.6 is 15.9 Å². The van der Waals surface area contributed by atoms with Gasteiger partial charge in [0.25, 0.3) is 0 Å². The van der Waals surface area contributed by atoms with E-state index in [1.54, 1.807) is 0 Å². The summed E-state index contributed by atoms with van der Waals surface area (Å²) in [6.45, 7) is 1.90. The largest absolute Gasteiger partial charge is 0.550 e. The molecule has 0 aromatic rings. The molecule has 1 unspecified atom stereocenters. The predicted octanol–water partition coefficient (Wildman–Crippen LogP) is 2.11. The Morgan fingerprint density at radius 3 is 2.38 bits per heavy atom. The van der Waals surface area contributed by atoms with Gasteiger partial charge in [0.15, 0.2) is 0 Å². The topological polar surface area (TPSA) is 40.1 Å². The van der Waals surface area contributed by atoms with Crippen LogP contribution in [-0.2, 0) is 4.79 Å². The van der Waals surface area contributed by atoms with Gasteiger partial charge in [-0.25, -0.2) is 0 Å². The molecular formula is C10H18BrO2-. The summed E-state index contributed by atoms with van der Waals surface area (Å²) in [4.78, 5) is 10.5. The maximum Gasteiger partial charge on any atom is 0.0445 e. The Balaban J connectivity index is 3.33. The number of hydrogen-bond acceptors (Lipinski definition) is 2. The average molecular weight is 250 g/mol. The van der Waals surface area contributed by atoms with Gasteiger partial charge in [0.2, 0.25) is 0 Å². The molecule has 0 aromatic heterocycles. The summed E-state index contributed by atoms with van der Waals surface area (Å²) in [5.41, 5.74) is 0. The molecule has 0 aliphatic rings. The van der Waals surface area contributed by atoms with E-state index in [0.717, 1.165) is 24.6 Å². The minimum absolute atomic E-state index is 0.232. The normalized spacial score (nSPS) is 12.8. The Hall–Kier alpha value is -0.0500. The van der Waals surface area contributed by atoms with E-state index in [9.17, 15) is 9.90 Å². The number of halogens is 1. The van der Waals surface area contributed by atoms with Crippen LogP contribution in [0, 0.1) is 5.92 Å². The molecule has 0 saturated heterocycles. The molecule has 0 fully saturated rings. The second-order valence-electron chi connectivity index (χ2n) is 3.32. The fourth-order valence-corrected chi connectivity index (χ4v) is 1.72. The molecule has 0 saturated carbocycles. The van der Waals surface area contributed by atoms with Crippen molar-refractivity contribution in [2.75, 3.05) is 5.33 Å². The summed E-state index contributed by atoms with van der Waals surface area (Å²) in [5, 5.41) is 11.6. The van der Waals surface area contributed by atoms with Crippen molar-refractivity contribution in [1.82, 2.24) is 0 Å². The van der Waals surface area contributed by atoms with Gasteiger partial charge >= 0.3 is 0 Å². The Morgan fingerprint density at radius 1 is 1.31 bits per heavy atom. The highest BCUT2D eigenvalue weighted by atomic mass is 79.9. The Kier molecular flexibility index (Phi) is 8.51. The number of unbranched alkanes of at least 4 members (excludes halogenated alkanes) is 3. The number of hydrogen-bond donors (Lipinski definition) is 0. The molecule has 78 valence electrons. The van der Waals surface area contributed by atoms with E-state index in [0.29, 0.717) is 6.42 Å². The van der Waals surface area contributed by atoms with Crippen LogP contribution in [0.3, 0.4) is 0 Å². The maximum atomic E-state index is 10.5. The molecule has 0 heterocycles. The third-order valence-corrected chi connectivity index (χ3v) is 2.82. The van der Waals surface area contributed by atoms with E-state index in [1.165, 1.54) is 12.8 Å². The van der Waals surface area contributed by atoms with Crippen LogP contribution < -0.4 is 5.11 Å². The number of rotatable bonds is 8. The summed E-state index contributed by atoms with van der Waals surface area (Å²) in [6, 6.07) is 0. The third-order valence-electron chi connectivity index (χ3n) is 2.26. The lowest BCUT2D eigenvalue weighted by molar-refractivity contribution is -0.311. The fraction of sp³-hybridized carbons (Fsp3) is 0.900. The second-order valence-corrected chi connectivity index (χ2v) is 4.11. The summed E-state index contributed by atoms with van der Waals surface area (Å²) >= 11 is 3.36. The zero-order chi connectivity index (χ0) is 10.1. The zero-order valence-electron chi connectivity index (χ0n) is 8.22. The fourth-order valence-electron chi connectivity index (χ4n) is 1.33. The van der Waals surface area contributed by atoms with Crippen molar-refractivity contribution < 1.29 is 9.90 Å². The lowest BCUT2D eigenvalue weighted by Gasteiger charge is -2.15. The van der Waals surface area contributed by atoms with Crippen molar-refractivity contribution in [2.24, 2.45) is 5.92 Å². The minimum Gasteiger partial charge on any atom is -0.550 e. The number of carboxylic acid groups (broad SMARTS) is 1. The van der Waals surface area contributed by atoms with Crippen molar-refractivity contribution in [1.29, 1.82) is 0 Å². The minimum atomic E-state index is -0.886. The van der Waals surface area contributed by atoms with Crippen LogP contribution in [0.2, 0.25) is 0 Å². The highest BCUT2D eigenvalue weighted by Gasteiger charge is 2.05. The van der Waals surface area contributed by atoms with Gasteiger partial charge in [-0.1, -0.05) is 42.1 Å². The molecule has 1 atom stereocenters. The highest BCUT2D eigenvalue weighted by molar-refractivity contribution is 9.09. The van der Waals surface area contributed by atoms with Crippen molar-refractivity contribution in [2.45, 2.75) is 45.4 Å². The number of carbonyl (C=O) groups is 1. The van der Waals surface area contributed by atoms with Gasteiger partial charge in [-0.2, -0.15) is 0 Å². The van der Waals surface area contributed by atoms with Gasteiger partial charge in [-0.3, -0.25) is 0 Å². The first-order chi connectivity index (χ1) is 6.22. The molecule has 0 aliphatic carbocycles. The van der Waals surface area contributed by atoms with E-state index in [4.69, 9.17) is 0 Å². The molecule has 0 aliphatic heterocycles. The number of carboxylic acids is 1. The lowest BCUT2D eigenvalue weighted by Crippen LogP contribution is -2.30. The van der Waals surface area contributed by atoms with E-state index in [-0.39, 0.29) is 5.92 Å². The molecular weight excluding hydrogens is 232 g/mol. The molecule has 0 N–H and O–H groups in total. The Morgan fingerprint density at radius 2 is 1.92 bits per heavy atom. The monoisotopic (exact) mass is 249 g/mol. The van der Waals surface area contributed by atoms with Crippen LogP contribution in [0.15, 0.2) is 0 Å². The van der Waals surface area contributed by atoms with Crippen LogP contribution in [0.1, 0.15) is 45.4 Å². The molecule has 2 nitrogen and oxygen atoms in total. The smallest absolute Gasteiger partial charge is 0.0445 e. The van der Waals surface area contributed by atoms with Crippen LogP contribution in [-0.4, -0.2) is 11.3 Å². The van der Waals surface area contributed by atoms with Crippen LogP contribution in [0.5, 0.6) is 0 Å². The quantitative estimate of drug-likeness (QED) is 0.489. The van der Waals surface area contributed by atoms with Gasteiger partial charge in [0, 0.05) is 11.3 Å². The molecule has 13 heavy (non-hydrogen) atoms. The first-order valence-electron chi connectivity index (χ1n) is 4.99. The van der Waals surface area contributed by atoms with E-state index in [2.05, 4.69) is 15.9 Å². The van der Waals surface area contributed by atoms with Gasteiger partial charge in [-0.15, -0.1) is 0 Å². The van der Waals surface area contributed by atoms with Crippen LogP contribution in [0.4, 0.5) is 0 Å².